The van der Waals surface area contributed by atoms with E-state index in [0.717, 1.165) is 11.1 Å². The number of hydrogen-bond acceptors (Lipinski definition) is 5. The first-order valence-corrected chi connectivity index (χ1v) is 10.0. The first-order valence-electron chi connectivity index (χ1n) is 10.0. The summed E-state index contributed by atoms with van der Waals surface area (Å²) in [6, 6.07) is 18.0. The van der Waals surface area contributed by atoms with Crippen LogP contribution in [0, 0.1) is 11.8 Å². The fourth-order valence-electron chi connectivity index (χ4n) is 3.18. The van der Waals surface area contributed by atoms with Gasteiger partial charge in [-0.05, 0) is 23.5 Å². The third-order valence-electron chi connectivity index (χ3n) is 4.81. The predicted octanol–water partition coefficient (Wildman–Crippen LogP) is 3.93. The third kappa shape index (κ3) is 7.35. The van der Waals surface area contributed by atoms with Crippen molar-refractivity contribution < 1.29 is 23.9 Å². The Bertz CT molecular complexity index is 820. The molecule has 1 amide bonds. The summed E-state index contributed by atoms with van der Waals surface area (Å²) in [4.78, 5) is 37.4. The van der Waals surface area contributed by atoms with E-state index in [1.165, 1.54) is 7.11 Å². The maximum atomic E-state index is 12.9. The number of methoxy groups -OCH3 is 1. The summed E-state index contributed by atoms with van der Waals surface area (Å²) in [5, 5.41) is 2.65. The summed E-state index contributed by atoms with van der Waals surface area (Å²) in [6.07, 6.45) is -0.296. The average molecular weight is 411 g/mol. The van der Waals surface area contributed by atoms with E-state index in [4.69, 9.17) is 9.47 Å². The molecule has 0 aliphatic rings. The molecule has 0 aromatic heterocycles. The summed E-state index contributed by atoms with van der Waals surface area (Å²) >= 11 is 0. The zero-order valence-electron chi connectivity index (χ0n) is 17.7. The van der Waals surface area contributed by atoms with Crippen LogP contribution in [0.25, 0.3) is 0 Å². The van der Waals surface area contributed by atoms with Crippen LogP contribution in [0.2, 0.25) is 0 Å². The van der Waals surface area contributed by atoms with E-state index in [0.29, 0.717) is 6.42 Å². The molecule has 0 radical (unpaired) electrons. The Morgan fingerprint density at radius 2 is 1.47 bits per heavy atom. The van der Waals surface area contributed by atoms with Crippen molar-refractivity contribution in [3.63, 3.8) is 0 Å². The molecule has 6 heteroatoms. The number of alkyl carbamates (subject to hydrolysis) is 1. The lowest BCUT2D eigenvalue weighted by atomic mass is 9.89. The van der Waals surface area contributed by atoms with Crippen LogP contribution < -0.4 is 5.32 Å². The zero-order chi connectivity index (χ0) is 21.9. The van der Waals surface area contributed by atoms with Crippen LogP contribution in [0.15, 0.2) is 60.7 Å². The Hall–Kier alpha value is -3.15. The van der Waals surface area contributed by atoms with Crippen LogP contribution in [0.4, 0.5) is 4.79 Å². The third-order valence-corrected chi connectivity index (χ3v) is 4.81. The van der Waals surface area contributed by atoms with Crippen molar-refractivity contribution in [1.29, 1.82) is 0 Å². The highest BCUT2D eigenvalue weighted by molar-refractivity contribution is 5.90. The SMILES string of the molecule is COC(=O)[C@@H](CC(=O)[C@@H](NC(=O)OCc1ccccc1)C(C)C)Cc1ccccc1. The molecule has 2 atom stereocenters. The van der Waals surface area contributed by atoms with Gasteiger partial charge in [0.15, 0.2) is 5.78 Å². The molecule has 2 rings (SSSR count). The van der Waals surface area contributed by atoms with E-state index in [1.54, 1.807) is 0 Å². The molecule has 0 aliphatic carbocycles. The van der Waals surface area contributed by atoms with Crippen LogP contribution >= 0.6 is 0 Å². The lowest BCUT2D eigenvalue weighted by Gasteiger charge is -2.23. The van der Waals surface area contributed by atoms with Crippen molar-refractivity contribution in [3.8, 4) is 0 Å². The van der Waals surface area contributed by atoms with Crippen molar-refractivity contribution in [3.05, 3.63) is 71.8 Å². The highest BCUT2D eigenvalue weighted by atomic mass is 16.5. The van der Waals surface area contributed by atoms with Gasteiger partial charge in [0.25, 0.3) is 0 Å². The highest BCUT2D eigenvalue weighted by Gasteiger charge is 2.30. The molecule has 0 heterocycles. The molecule has 6 nitrogen and oxygen atoms in total. The van der Waals surface area contributed by atoms with E-state index in [-0.39, 0.29) is 24.7 Å². The number of carbonyl (C=O) groups excluding carboxylic acids is 3. The van der Waals surface area contributed by atoms with E-state index in [9.17, 15) is 14.4 Å². The van der Waals surface area contributed by atoms with Gasteiger partial charge in [0, 0.05) is 6.42 Å². The van der Waals surface area contributed by atoms with Gasteiger partial charge in [-0.2, -0.15) is 0 Å². The molecule has 1 N–H and O–H groups in total. The number of ether oxygens (including phenoxy) is 2. The summed E-state index contributed by atoms with van der Waals surface area (Å²) in [5.74, 6) is -1.44. The maximum Gasteiger partial charge on any atom is 0.408 e. The molecule has 0 saturated heterocycles. The van der Waals surface area contributed by atoms with Gasteiger partial charge in [0.2, 0.25) is 0 Å². The van der Waals surface area contributed by atoms with E-state index in [1.807, 2.05) is 74.5 Å². The molecule has 0 spiro atoms. The van der Waals surface area contributed by atoms with Crippen molar-refractivity contribution in [2.75, 3.05) is 7.11 Å². The van der Waals surface area contributed by atoms with Crippen LogP contribution in [0.3, 0.4) is 0 Å². The van der Waals surface area contributed by atoms with Gasteiger partial charge in [0.1, 0.15) is 6.61 Å². The quantitative estimate of drug-likeness (QED) is 0.599. The lowest BCUT2D eigenvalue weighted by Crippen LogP contribution is -2.45. The number of benzene rings is 2. The van der Waals surface area contributed by atoms with Gasteiger partial charge >= 0.3 is 12.1 Å². The second kappa shape index (κ2) is 11.8. The summed E-state index contributed by atoms with van der Waals surface area (Å²) < 4.78 is 10.1. The van der Waals surface area contributed by atoms with Gasteiger partial charge in [-0.15, -0.1) is 0 Å². The number of Topliss-reactive ketones (excluding diaryl/α,β-unsaturated/α-hetero) is 1. The fourth-order valence-corrected chi connectivity index (χ4v) is 3.18. The second-order valence-electron chi connectivity index (χ2n) is 7.51. The Labute approximate surface area is 177 Å². The molecule has 30 heavy (non-hydrogen) atoms. The summed E-state index contributed by atoms with van der Waals surface area (Å²) in [6.45, 7) is 3.79. The van der Waals surface area contributed by atoms with Gasteiger partial charge in [-0.1, -0.05) is 74.5 Å². The molecular formula is C24H29NO5. The van der Waals surface area contributed by atoms with Gasteiger partial charge < -0.3 is 14.8 Å². The van der Waals surface area contributed by atoms with Gasteiger partial charge in [-0.3, -0.25) is 9.59 Å². The molecule has 0 unspecified atom stereocenters. The van der Waals surface area contributed by atoms with Crippen LogP contribution in [-0.2, 0) is 32.1 Å². The minimum atomic E-state index is -0.754. The number of ketones is 1. The van der Waals surface area contributed by atoms with E-state index in [2.05, 4.69) is 5.32 Å². The molecule has 2 aromatic rings. The average Bonchev–Trinajstić information content (AvgIpc) is 2.76. The molecule has 0 bridgehead atoms. The Morgan fingerprint density at radius 1 is 0.900 bits per heavy atom. The highest BCUT2D eigenvalue weighted by Crippen LogP contribution is 2.18. The van der Waals surface area contributed by atoms with E-state index < -0.39 is 24.0 Å². The molecule has 2 aromatic carbocycles. The predicted molar refractivity (Wildman–Crippen MR) is 114 cm³/mol. The number of rotatable bonds is 10. The smallest absolute Gasteiger partial charge is 0.408 e. The zero-order valence-corrected chi connectivity index (χ0v) is 17.7. The Kier molecular flexibility index (Phi) is 9.06. The lowest BCUT2D eigenvalue weighted by molar-refractivity contribution is -0.147. The first kappa shape index (κ1) is 23.1. The normalized spacial score (nSPS) is 12.7. The van der Waals surface area contributed by atoms with Gasteiger partial charge in [-0.25, -0.2) is 4.79 Å². The standard InChI is InChI=1S/C24H29NO5/c1-17(2)22(25-24(28)30-16-19-12-8-5-9-13-19)21(26)15-20(23(27)29-3)14-18-10-6-4-7-11-18/h4-13,17,20,22H,14-16H2,1-3H3,(H,25,28)/t20-,22+/m1/s1. The topological polar surface area (TPSA) is 81.7 Å². The van der Waals surface area contributed by atoms with Crippen molar-refractivity contribution in [2.24, 2.45) is 11.8 Å². The number of esters is 1. The summed E-state index contributed by atoms with van der Waals surface area (Å²) in [7, 11) is 1.31. The Balaban J connectivity index is 1.99. The Morgan fingerprint density at radius 3 is 2.00 bits per heavy atom. The number of nitrogens with one attached hydrogen (secondary N) is 1. The maximum absolute atomic E-state index is 12.9. The first-order chi connectivity index (χ1) is 14.4. The fraction of sp³-hybridized carbons (Fsp3) is 0.375. The van der Waals surface area contributed by atoms with Crippen molar-refractivity contribution in [2.45, 2.75) is 39.3 Å². The van der Waals surface area contributed by atoms with E-state index >= 15 is 0 Å². The van der Waals surface area contributed by atoms with Crippen LogP contribution in [-0.4, -0.2) is 31.0 Å². The number of carbonyl (C=O) groups is 3. The minimum Gasteiger partial charge on any atom is -0.469 e. The van der Waals surface area contributed by atoms with Crippen molar-refractivity contribution >= 4 is 17.8 Å². The van der Waals surface area contributed by atoms with Crippen molar-refractivity contribution in [1.82, 2.24) is 5.32 Å². The largest absolute Gasteiger partial charge is 0.469 e. The molecule has 0 saturated carbocycles. The monoisotopic (exact) mass is 411 g/mol. The van der Waals surface area contributed by atoms with Crippen LogP contribution in [0.5, 0.6) is 0 Å². The second-order valence-corrected chi connectivity index (χ2v) is 7.51. The van der Waals surface area contributed by atoms with Gasteiger partial charge in [0.05, 0.1) is 19.1 Å². The molecular weight excluding hydrogens is 382 g/mol. The van der Waals surface area contributed by atoms with Crippen LogP contribution in [0.1, 0.15) is 31.4 Å². The molecule has 0 fully saturated rings. The molecule has 0 aliphatic heterocycles. The minimum absolute atomic E-state index is 0.0244. The number of hydrogen-bond donors (Lipinski definition) is 1. The number of amides is 1. The molecule has 160 valence electrons. The summed E-state index contributed by atoms with van der Waals surface area (Å²) in [5.41, 5.74) is 1.80.